The minimum absolute atomic E-state index is 0.596. The summed E-state index contributed by atoms with van der Waals surface area (Å²) in [5, 5.41) is 2.90. The van der Waals surface area contributed by atoms with E-state index < -0.39 is 0 Å². The summed E-state index contributed by atoms with van der Waals surface area (Å²) in [5.41, 5.74) is 1.15. The molecule has 6 heteroatoms. The van der Waals surface area contributed by atoms with Crippen molar-refractivity contribution in [3.63, 3.8) is 0 Å². The van der Waals surface area contributed by atoms with E-state index in [4.69, 9.17) is 25.8 Å². The lowest BCUT2D eigenvalue weighted by Gasteiger charge is -2.22. The van der Waals surface area contributed by atoms with Crippen LogP contribution in [0.1, 0.15) is 5.56 Å². The van der Waals surface area contributed by atoms with E-state index in [9.17, 15) is 0 Å². The monoisotopic (exact) mass is 316 g/mol. The Labute approximate surface area is 131 Å². The van der Waals surface area contributed by atoms with E-state index in [1.807, 2.05) is 12.1 Å². The van der Waals surface area contributed by atoms with Crippen molar-refractivity contribution in [2.45, 2.75) is 6.54 Å². The Morgan fingerprint density at radius 3 is 2.67 bits per heavy atom. The molecule has 0 unspecified atom stereocenters. The maximum atomic E-state index is 6.21. The van der Waals surface area contributed by atoms with E-state index >= 15 is 0 Å². The molecule has 0 radical (unpaired) electrons. The molecule has 1 aliphatic rings. The molecule has 1 saturated heterocycles. The van der Waals surface area contributed by atoms with Gasteiger partial charge >= 0.3 is 0 Å². The predicted molar refractivity (Wildman–Crippen MR) is 81.4 cm³/mol. The van der Waals surface area contributed by atoms with Crippen LogP contribution in [0.4, 0.5) is 0 Å². The normalized spacial score (nSPS) is 16.0. The van der Waals surface area contributed by atoms with Gasteiger partial charge in [0.25, 0.3) is 0 Å². The molecule has 0 saturated carbocycles. The lowest BCUT2D eigenvalue weighted by molar-refractivity contribution is -0.920. The lowest BCUT2D eigenvalue weighted by Crippen LogP contribution is -3.16. The quantitative estimate of drug-likeness (QED) is 0.656. The maximum absolute atomic E-state index is 6.21. The zero-order valence-corrected chi connectivity index (χ0v) is 13.5. The van der Waals surface area contributed by atoms with Crippen LogP contribution in [0, 0.1) is 0 Å². The second kappa shape index (κ2) is 8.44. The molecule has 0 spiro atoms. The molecule has 0 aliphatic carbocycles. The number of rotatable bonds is 7. The van der Waals surface area contributed by atoms with Crippen molar-refractivity contribution in [3.8, 4) is 11.5 Å². The van der Waals surface area contributed by atoms with Gasteiger partial charge in [0.15, 0.2) is 11.5 Å². The van der Waals surface area contributed by atoms with Gasteiger partial charge in [0.2, 0.25) is 0 Å². The fourth-order valence-corrected chi connectivity index (χ4v) is 2.88. The molecular formula is C15H25ClN2O3+2. The molecule has 1 aromatic rings. The summed E-state index contributed by atoms with van der Waals surface area (Å²) in [6.07, 6.45) is 0. The minimum atomic E-state index is 0.596. The first-order chi connectivity index (χ1) is 10.2. The first-order valence-electron chi connectivity index (χ1n) is 7.38. The summed E-state index contributed by atoms with van der Waals surface area (Å²) in [5.74, 6) is 1.29. The van der Waals surface area contributed by atoms with Crippen LogP contribution >= 0.6 is 11.6 Å². The van der Waals surface area contributed by atoms with E-state index in [1.165, 1.54) is 6.54 Å². The highest BCUT2D eigenvalue weighted by atomic mass is 35.5. The first kappa shape index (κ1) is 16.4. The number of hydrogen-bond acceptors (Lipinski definition) is 3. The lowest BCUT2D eigenvalue weighted by atomic mass is 10.2. The Hall–Kier alpha value is -1.01. The highest BCUT2D eigenvalue weighted by molar-refractivity contribution is 6.32. The van der Waals surface area contributed by atoms with Crippen LogP contribution in [0.2, 0.25) is 5.02 Å². The molecule has 1 aliphatic heterocycles. The van der Waals surface area contributed by atoms with E-state index in [-0.39, 0.29) is 0 Å². The third kappa shape index (κ3) is 4.74. The number of nitrogens with one attached hydrogen (secondary N) is 1. The number of quaternary nitrogens is 2. The van der Waals surface area contributed by atoms with Crippen molar-refractivity contribution in [1.29, 1.82) is 0 Å². The highest BCUT2D eigenvalue weighted by Gasteiger charge is 2.14. The molecular weight excluding hydrogens is 292 g/mol. The van der Waals surface area contributed by atoms with Crippen molar-refractivity contribution in [3.05, 3.63) is 22.7 Å². The molecule has 21 heavy (non-hydrogen) atoms. The second-order valence-corrected chi connectivity index (χ2v) is 5.61. The first-order valence-corrected chi connectivity index (χ1v) is 7.75. The van der Waals surface area contributed by atoms with Gasteiger partial charge in [-0.1, -0.05) is 11.6 Å². The van der Waals surface area contributed by atoms with Crippen molar-refractivity contribution >= 4 is 11.6 Å². The van der Waals surface area contributed by atoms with Crippen LogP contribution in [0.25, 0.3) is 0 Å². The molecule has 1 aromatic carbocycles. The van der Waals surface area contributed by atoms with Gasteiger partial charge in [-0.3, -0.25) is 0 Å². The molecule has 5 nitrogen and oxygen atoms in total. The average molecular weight is 317 g/mol. The number of ether oxygens (including phenoxy) is 3. The number of halogens is 1. The predicted octanol–water partition coefficient (Wildman–Crippen LogP) is -0.664. The Morgan fingerprint density at radius 1 is 1.24 bits per heavy atom. The summed E-state index contributed by atoms with van der Waals surface area (Å²) >= 11 is 6.21. The van der Waals surface area contributed by atoms with E-state index in [0.717, 1.165) is 45.0 Å². The molecule has 0 aromatic heterocycles. The molecule has 1 heterocycles. The SMILES string of the molecule is COc1cc(C[NH2+]CC[NH+]2CCOCC2)cc(Cl)c1OC. The van der Waals surface area contributed by atoms with E-state index in [0.29, 0.717) is 16.5 Å². The van der Waals surface area contributed by atoms with Gasteiger partial charge in [0, 0.05) is 5.56 Å². The number of morpholine rings is 1. The third-order valence-corrected chi connectivity index (χ3v) is 4.06. The van der Waals surface area contributed by atoms with Crippen LogP contribution in [-0.4, -0.2) is 53.6 Å². The van der Waals surface area contributed by atoms with Gasteiger partial charge in [-0.25, -0.2) is 0 Å². The molecule has 1 fully saturated rings. The summed E-state index contributed by atoms with van der Waals surface area (Å²) in [4.78, 5) is 1.63. The van der Waals surface area contributed by atoms with Crippen molar-refractivity contribution in [2.75, 3.05) is 53.6 Å². The van der Waals surface area contributed by atoms with Crippen LogP contribution in [-0.2, 0) is 11.3 Å². The number of nitrogens with two attached hydrogens (primary N) is 1. The fraction of sp³-hybridized carbons (Fsp3) is 0.600. The van der Waals surface area contributed by atoms with Crippen molar-refractivity contribution < 1.29 is 24.4 Å². The summed E-state index contributed by atoms with van der Waals surface area (Å²) in [6, 6.07) is 3.93. The van der Waals surface area contributed by atoms with Gasteiger partial charge < -0.3 is 24.4 Å². The highest BCUT2D eigenvalue weighted by Crippen LogP contribution is 2.35. The topological polar surface area (TPSA) is 48.7 Å². The van der Waals surface area contributed by atoms with E-state index in [2.05, 4.69) is 5.32 Å². The van der Waals surface area contributed by atoms with Crippen LogP contribution < -0.4 is 19.7 Å². The van der Waals surface area contributed by atoms with Gasteiger partial charge in [-0.15, -0.1) is 0 Å². The van der Waals surface area contributed by atoms with Gasteiger partial charge in [0.1, 0.15) is 32.7 Å². The smallest absolute Gasteiger partial charge is 0.179 e. The molecule has 2 rings (SSSR count). The molecule has 0 amide bonds. The molecule has 0 atom stereocenters. The number of benzene rings is 1. The summed E-state index contributed by atoms with van der Waals surface area (Å²) in [7, 11) is 3.23. The van der Waals surface area contributed by atoms with Crippen LogP contribution in [0.15, 0.2) is 12.1 Å². The molecule has 3 N–H and O–H groups in total. The largest absolute Gasteiger partial charge is 0.493 e. The Kier molecular flexibility index (Phi) is 6.57. The maximum Gasteiger partial charge on any atom is 0.179 e. The number of hydrogen-bond donors (Lipinski definition) is 2. The Balaban J connectivity index is 1.81. The number of methoxy groups -OCH3 is 2. The zero-order valence-electron chi connectivity index (χ0n) is 12.8. The third-order valence-electron chi connectivity index (χ3n) is 3.78. The standard InChI is InChI=1S/C15H23ClN2O3/c1-19-14-10-12(9-13(16)15(14)20-2)11-17-3-4-18-5-7-21-8-6-18/h9-10,17H,3-8,11H2,1-2H3/p+2. The Morgan fingerprint density at radius 2 is 2.00 bits per heavy atom. The summed E-state index contributed by atoms with van der Waals surface area (Å²) < 4.78 is 15.9. The van der Waals surface area contributed by atoms with E-state index in [1.54, 1.807) is 19.1 Å². The van der Waals surface area contributed by atoms with Gasteiger partial charge in [-0.2, -0.15) is 0 Å². The zero-order chi connectivity index (χ0) is 15.1. The summed E-state index contributed by atoms with van der Waals surface area (Å²) in [6.45, 7) is 7.18. The minimum Gasteiger partial charge on any atom is -0.493 e. The van der Waals surface area contributed by atoms with Gasteiger partial charge in [0.05, 0.1) is 32.5 Å². The van der Waals surface area contributed by atoms with Crippen molar-refractivity contribution in [2.24, 2.45) is 0 Å². The molecule has 0 bridgehead atoms. The van der Waals surface area contributed by atoms with Crippen LogP contribution in [0.3, 0.4) is 0 Å². The Bertz CT molecular complexity index is 451. The van der Waals surface area contributed by atoms with Crippen molar-refractivity contribution in [1.82, 2.24) is 0 Å². The molecule has 118 valence electrons. The van der Waals surface area contributed by atoms with Crippen LogP contribution in [0.5, 0.6) is 11.5 Å². The van der Waals surface area contributed by atoms with Gasteiger partial charge in [-0.05, 0) is 12.1 Å². The average Bonchev–Trinajstić information content (AvgIpc) is 2.52. The second-order valence-electron chi connectivity index (χ2n) is 5.21. The fourth-order valence-electron chi connectivity index (χ4n) is 2.57.